The van der Waals surface area contributed by atoms with Crippen LogP contribution in [-0.2, 0) is 16.2 Å². The van der Waals surface area contributed by atoms with Gasteiger partial charge in [-0.2, -0.15) is 0 Å². The molecule has 2 aromatic rings. The highest BCUT2D eigenvalue weighted by Crippen LogP contribution is 2.49. The predicted molar refractivity (Wildman–Crippen MR) is 137 cm³/mol. The Bertz CT molecular complexity index is 1280. The fraction of sp³-hybridized carbons (Fsp3) is 0.379. The van der Waals surface area contributed by atoms with E-state index in [0.29, 0.717) is 30.9 Å². The average Bonchev–Trinajstić information content (AvgIpc) is 2.89. The van der Waals surface area contributed by atoms with Gasteiger partial charge < -0.3 is 14.4 Å². The number of benzene rings is 2. The van der Waals surface area contributed by atoms with E-state index in [4.69, 9.17) is 9.47 Å². The molecule has 1 heterocycles. The Morgan fingerprint density at radius 2 is 1.51 bits per heavy atom. The Balaban J connectivity index is 1.50. The Morgan fingerprint density at radius 1 is 0.892 bits per heavy atom. The first kappa shape index (κ1) is 24.7. The van der Waals surface area contributed by atoms with Gasteiger partial charge in [0, 0.05) is 60.5 Å². The van der Waals surface area contributed by atoms with Crippen molar-refractivity contribution in [1.82, 2.24) is 4.90 Å². The Kier molecular flexibility index (Phi) is 6.82. The molecule has 8 heteroatoms. The van der Waals surface area contributed by atoms with Crippen LogP contribution in [0.2, 0.25) is 0 Å². The third-order valence-electron chi connectivity index (χ3n) is 7.39. The van der Waals surface area contributed by atoms with Gasteiger partial charge in [0.15, 0.2) is 23.1 Å². The van der Waals surface area contributed by atoms with Crippen molar-refractivity contribution in [1.29, 1.82) is 0 Å². The van der Waals surface area contributed by atoms with Gasteiger partial charge in [0.1, 0.15) is 6.61 Å². The van der Waals surface area contributed by atoms with Crippen molar-refractivity contribution < 1.29 is 24.0 Å². The minimum Gasteiger partial charge on any atom is -0.490 e. The molecule has 3 aliphatic rings. The molecule has 0 saturated carbocycles. The van der Waals surface area contributed by atoms with Crippen LogP contribution in [0.15, 0.2) is 65.0 Å². The van der Waals surface area contributed by atoms with Crippen LogP contribution in [0.5, 0.6) is 11.5 Å². The zero-order valence-corrected chi connectivity index (χ0v) is 21.1. The second kappa shape index (κ2) is 10.2. The van der Waals surface area contributed by atoms with E-state index in [-0.39, 0.29) is 23.9 Å². The van der Waals surface area contributed by atoms with Crippen LogP contribution in [0.25, 0.3) is 0 Å². The lowest BCUT2D eigenvalue weighted by Crippen LogP contribution is -2.37. The third kappa shape index (κ3) is 4.63. The first-order chi connectivity index (χ1) is 17.9. The maximum absolute atomic E-state index is 13.2. The molecule has 0 atom stereocenters. The summed E-state index contributed by atoms with van der Waals surface area (Å²) in [7, 11) is 1.98. The van der Waals surface area contributed by atoms with Crippen LogP contribution >= 0.6 is 0 Å². The highest BCUT2D eigenvalue weighted by Gasteiger charge is 2.42. The SMILES string of the molecule is CCOc1cc(C2C3=C(CCCC3=O)N(C)C3=C2C(=O)CCC3)ccc1OCc1ccc([N+](=O)[O-])cc1. The molecule has 37 heavy (non-hydrogen) atoms. The molecule has 0 bridgehead atoms. The normalized spacial score (nSPS) is 18.1. The summed E-state index contributed by atoms with van der Waals surface area (Å²) in [4.78, 5) is 39.0. The number of ketones is 2. The summed E-state index contributed by atoms with van der Waals surface area (Å²) >= 11 is 0. The number of nitro groups is 1. The minimum atomic E-state index is -0.435. The first-order valence-corrected chi connectivity index (χ1v) is 12.8. The molecule has 192 valence electrons. The van der Waals surface area contributed by atoms with E-state index >= 15 is 0 Å². The second-order valence-electron chi connectivity index (χ2n) is 9.62. The largest absolute Gasteiger partial charge is 0.490 e. The molecule has 0 saturated heterocycles. The number of hydrogen-bond donors (Lipinski definition) is 0. The van der Waals surface area contributed by atoms with Crippen molar-refractivity contribution in [2.75, 3.05) is 13.7 Å². The van der Waals surface area contributed by atoms with Gasteiger partial charge >= 0.3 is 0 Å². The number of carbonyl (C=O) groups is 2. The molecule has 0 spiro atoms. The van der Waals surface area contributed by atoms with Crippen LogP contribution in [-0.4, -0.2) is 35.0 Å². The molecule has 0 radical (unpaired) electrons. The van der Waals surface area contributed by atoms with Gasteiger partial charge in [0.25, 0.3) is 5.69 Å². The topological polar surface area (TPSA) is 99.0 Å². The van der Waals surface area contributed by atoms with Crippen LogP contribution in [0, 0.1) is 10.1 Å². The molecule has 8 nitrogen and oxygen atoms in total. The molecule has 0 fully saturated rings. The van der Waals surface area contributed by atoms with E-state index in [9.17, 15) is 19.7 Å². The van der Waals surface area contributed by atoms with Crippen LogP contribution in [0.3, 0.4) is 0 Å². The van der Waals surface area contributed by atoms with E-state index in [1.807, 2.05) is 32.2 Å². The van der Waals surface area contributed by atoms with Gasteiger partial charge in [-0.05, 0) is 68.0 Å². The van der Waals surface area contributed by atoms with Crippen molar-refractivity contribution >= 4 is 17.3 Å². The van der Waals surface area contributed by atoms with E-state index in [2.05, 4.69) is 4.90 Å². The van der Waals surface area contributed by atoms with E-state index in [0.717, 1.165) is 59.4 Å². The fourth-order valence-corrected chi connectivity index (χ4v) is 5.65. The van der Waals surface area contributed by atoms with Crippen molar-refractivity contribution in [3.8, 4) is 11.5 Å². The lowest BCUT2D eigenvalue weighted by Gasteiger charge is -2.42. The summed E-state index contributed by atoms with van der Waals surface area (Å²) in [5.41, 5.74) is 5.22. The van der Waals surface area contributed by atoms with Crippen molar-refractivity contribution in [2.45, 2.75) is 58.0 Å². The number of Topliss-reactive ketones (excluding diaryl/α,β-unsaturated/α-hetero) is 2. The predicted octanol–water partition coefficient (Wildman–Crippen LogP) is 5.62. The van der Waals surface area contributed by atoms with Crippen LogP contribution < -0.4 is 9.47 Å². The number of rotatable bonds is 7. The number of nitrogens with zero attached hydrogens (tertiary/aromatic N) is 2. The number of hydrogen-bond acceptors (Lipinski definition) is 7. The molecule has 2 aromatic carbocycles. The Morgan fingerprint density at radius 3 is 2.08 bits per heavy atom. The van der Waals surface area contributed by atoms with Crippen molar-refractivity contribution in [3.63, 3.8) is 0 Å². The van der Waals surface area contributed by atoms with Crippen molar-refractivity contribution in [2.24, 2.45) is 0 Å². The summed E-state index contributed by atoms with van der Waals surface area (Å²) in [6, 6.07) is 11.9. The lowest BCUT2D eigenvalue weighted by atomic mass is 9.71. The highest BCUT2D eigenvalue weighted by atomic mass is 16.6. The van der Waals surface area contributed by atoms with Crippen molar-refractivity contribution in [3.05, 3.63) is 86.2 Å². The molecular weight excluding hydrogens is 472 g/mol. The maximum Gasteiger partial charge on any atom is 0.269 e. The maximum atomic E-state index is 13.2. The summed E-state index contributed by atoms with van der Waals surface area (Å²) < 4.78 is 12.0. The monoisotopic (exact) mass is 502 g/mol. The van der Waals surface area contributed by atoms with Gasteiger partial charge in [-0.15, -0.1) is 0 Å². The molecule has 0 unspecified atom stereocenters. The van der Waals surface area contributed by atoms with E-state index in [1.54, 1.807) is 12.1 Å². The highest BCUT2D eigenvalue weighted by molar-refractivity contribution is 6.06. The summed E-state index contributed by atoms with van der Waals surface area (Å²) in [5, 5.41) is 10.9. The number of nitro benzene ring substituents is 1. The Labute approximate surface area is 215 Å². The number of carbonyl (C=O) groups excluding carboxylic acids is 2. The van der Waals surface area contributed by atoms with E-state index in [1.165, 1.54) is 12.1 Å². The molecule has 0 aromatic heterocycles. The van der Waals surface area contributed by atoms with Gasteiger partial charge in [0.05, 0.1) is 11.5 Å². The summed E-state index contributed by atoms with van der Waals surface area (Å²) in [5.74, 6) is 0.894. The molecule has 2 aliphatic carbocycles. The quantitative estimate of drug-likeness (QED) is 0.358. The zero-order chi connectivity index (χ0) is 26.1. The molecule has 0 amide bonds. The fourth-order valence-electron chi connectivity index (χ4n) is 5.65. The summed E-state index contributed by atoms with van der Waals surface area (Å²) in [6.45, 7) is 2.52. The number of non-ortho nitro benzene ring substituents is 1. The summed E-state index contributed by atoms with van der Waals surface area (Å²) in [6.07, 6.45) is 4.29. The smallest absolute Gasteiger partial charge is 0.269 e. The van der Waals surface area contributed by atoms with Gasteiger partial charge in [-0.3, -0.25) is 19.7 Å². The lowest BCUT2D eigenvalue weighted by molar-refractivity contribution is -0.384. The first-order valence-electron chi connectivity index (χ1n) is 12.8. The molecular formula is C29H30N2O6. The Hall–Kier alpha value is -3.94. The average molecular weight is 503 g/mol. The van der Waals surface area contributed by atoms with E-state index < -0.39 is 10.8 Å². The number of allylic oxidation sites excluding steroid dienone is 4. The standard InChI is InChI=1S/C29H30N2O6/c1-3-36-26-16-19(12-15-25(26)37-17-18-10-13-20(14-11-18)31(34)35)27-28-21(6-4-8-23(28)32)30(2)22-7-5-9-24(33)29(22)27/h10-16,27H,3-9,17H2,1-2H3. The van der Waals surface area contributed by atoms with Gasteiger partial charge in [0.2, 0.25) is 0 Å². The molecule has 5 rings (SSSR count). The van der Waals surface area contributed by atoms with Gasteiger partial charge in [-0.1, -0.05) is 6.07 Å². The van der Waals surface area contributed by atoms with Gasteiger partial charge in [-0.25, -0.2) is 0 Å². The van der Waals surface area contributed by atoms with Crippen LogP contribution in [0.4, 0.5) is 5.69 Å². The number of ether oxygens (including phenoxy) is 2. The minimum absolute atomic E-state index is 0.0260. The zero-order valence-electron chi connectivity index (χ0n) is 21.1. The second-order valence-corrected chi connectivity index (χ2v) is 9.62. The van der Waals surface area contributed by atoms with Crippen LogP contribution in [0.1, 0.15) is 62.5 Å². The third-order valence-corrected chi connectivity index (χ3v) is 7.39. The molecule has 1 aliphatic heterocycles. The molecule has 0 N–H and O–H groups in total.